The van der Waals surface area contributed by atoms with E-state index in [2.05, 4.69) is 22.1 Å². The van der Waals surface area contributed by atoms with E-state index in [1.165, 1.54) is 23.5 Å². The van der Waals surface area contributed by atoms with Gasteiger partial charge < -0.3 is 11.1 Å². The van der Waals surface area contributed by atoms with Gasteiger partial charge in [0.25, 0.3) is 5.91 Å². The first-order valence-electron chi connectivity index (χ1n) is 6.25. The predicted octanol–water partition coefficient (Wildman–Crippen LogP) is 2.46. The number of hydrogen-bond donors (Lipinski definition) is 2. The first-order chi connectivity index (χ1) is 10.0. The average molecular weight is 303 g/mol. The SMILES string of the molecule is Cc1nc(C)c(C(=O)Nc2ccc(C#CCN)c(F)c2)s1. The Balaban J connectivity index is 2.18. The second kappa shape index (κ2) is 6.48. The molecule has 4 nitrogen and oxygen atoms in total. The van der Waals surface area contributed by atoms with Gasteiger partial charge in [0.2, 0.25) is 0 Å². The summed E-state index contributed by atoms with van der Waals surface area (Å²) in [4.78, 5) is 16.8. The number of nitrogens with two attached hydrogens (primary N) is 1. The zero-order valence-corrected chi connectivity index (χ0v) is 12.5. The van der Waals surface area contributed by atoms with E-state index in [-0.39, 0.29) is 18.0 Å². The molecule has 6 heteroatoms. The molecule has 1 aromatic carbocycles. The first-order valence-corrected chi connectivity index (χ1v) is 7.06. The van der Waals surface area contributed by atoms with Crippen molar-refractivity contribution < 1.29 is 9.18 Å². The van der Waals surface area contributed by atoms with Gasteiger partial charge in [0.1, 0.15) is 10.7 Å². The lowest BCUT2D eigenvalue weighted by molar-refractivity contribution is 0.103. The average Bonchev–Trinajstić information content (AvgIpc) is 2.77. The monoisotopic (exact) mass is 303 g/mol. The Morgan fingerprint density at radius 2 is 2.24 bits per heavy atom. The number of nitrogens with zero attached hydrogens (tertiary/aromatic N) is 1. The fourth-order valence-corrected chi connectivity index (χ4v) is 2.59. The number of benzene rings is 1. The molecule has 1 heterocycles. The van der Waals surface area contributed by atoms with E-state index in [9.17, 15) is 9.18 Å². The lowest BCUT2D eigenvalue weighted by Crippen LogP contribution is -2.11. The van der Waals surface area contributed by atoms with Crippen LogP contribution >= 0.6 is 11.3 Å². The highest BCUT2D eigenvalue weighted by Gasteiger charge is 2.14. The zero-order chi connectivity index (χ0) is 15.4. The molecule has 0 saturated carbocycles. The fourth-order valence-electron chi connectivity index (χ4n) is 1.77. The molecule has 0 radical (unpaired) electrons. The van der Waals surface area contributed by atoms with Crippen LogP contribution in [0.5, 0.6) is 0 Å². The van der Waals surface area contributed by atoms with Gasteiger partial charge in [-0.05, 0) is 32.0 Å². The minimum Gasteiger partial charge on any atom is -0.321 e. The van der Waals surface area contributed by atoms with Gasteiger partial charge in [-0.25, -0.2) is 9.37 Å². The van der Waals surface area contributed by atoms with Gasteiger partial charge in [0.05, 0.1) is 22.8 Å². The van der Waals surface area contributed by atoms with Gasteiger partial charge in [-0.15, -0.1) is 11.3 Å². The van der Waals surface area contributed by atoms with Crippen LogP contribution < -0.4 is 11.1 Å². The third-order valence-electron chi connectivity index (χ3n) is 2.66. The molecule has 0 fully saturated rings. The topological polar surface area (TPSA) is 68.0 Å². The number of aryl methyl sites for hydroxylation is 2. The molecule has 2 aromatic rings. The van der Waals surface area contributed by atoms with E-state index in [1.54, 1.807) is 13.0 Å². The summed E-state index contributed by atoms with van der Waals surface area (Å²) >= 11 is 1.31. The molecule has 0 bridgehead atoms. The van der Waals surface area contributed by atoms with Crippen LogP contribution in [0.1, 0.15) is 25.9 Å². The van der Waals surface area contributed by atoms with E-state index in [1.807, 2.05) is 6.92 Å². The Kier molecular flexibility index (Phi) is 4.68. The standard InChI is InChI=1S/C15H14FN3OS/c1-9-14(21-10(2)18-9)15(20)19-12-6-5-11(4-3-7-17)13(16)8-12/h5-6,8H,7,17H2,1-2H3,(H,19,20). The third kappa shape index (κ3) is 3.66. The molecule has 0 aliphatic rings. The lowest BCUT2D eigenvalue weighted by atomic mass is 10.2. The molecule has 0 saturated heterocycles. The Hall–Kier alpha value is -2.23. The minimum absolute atomic E-state index is 0.169. The Morgan fingerprint density at radius 1 is 1.48 bits per heavy atom. The van der Waals surface area contributed by atoms with Gasteiger partial charge in [-0.3, -0.25) is 4.79 Å². The Bertz CT molecular complexity index is 743. The van der Waals surface area contributed by atoms with Crippen LogP contribution in [0.2, 0.25) is 0 Å². The maximum Gasteiger partial charge on any atom is 0.267 e. The van der Waals surface area contributed by atoms with Crippen molar-refractivity contribution in [3.05, 3.63) is 45.2 Å². The molecule has 1 aromatic heterocycles. The maximum atomic E-state index is 13.8. The van der Waals surface area contributed by atoms with Crippen LogP contribution in [-0.2, 0) is 0 Å². The molecule has 0 spiro atoms. The van der Waals surface area contributed by atoms with E-state index < -0.39 is 5.82 Å². The first kappa shape index (κ1) is 15.2. The van der Waals surface area contributed by atoms with E-state index >= 15 is 0 Å². The molecule has 0 atom stereocenters. The van der Waals surface area contributed by atoms with Crippen molar-refractivity contribution in [2.75, 3.05) is 11.9 Å². The molecule has 3 N–H and O–H groups in total. The van der Waals surface area contributed by atoms with Crippen molar-refractivity contribution >= 4 is 22.9 Å². The summed E-state index contributed by atoms with van der Waals surface area (Å²) in [5.74, 6) is 4.42. The molecule has 108 valence electrons. The van der Waals surface area contributed by atoms with Gasteiger partial charge in [0.15, 0.2) is 0 Å². The Morgan fingerprint density at radius 3 is 2.81 bits per heavy atom. The molecule has 0 aliphatic carbocycles. The van der Waals surface area contributed by atoms with Gasteiger partial charge in [0, 0.05) is 5.69 Å². The molecule has 0 aliphatic heterocycles. The number of nitrogens with one attached hydrogen (secondary N) is 1. The molecule has 1 amide bonds. The van der Waals surface area contributed by atoms with Crippen LogP contribution in [0.15, 0.2) is 18.2 Å². The summed E-state index contributed by atoms with van der Waals surface area (Å²) in [7, 11) is 0. The van der Waals surface area contributed by atoms with Crippen molar-refractivity contribution in [3.63, 3.8) is 0 Å². The van der Waals surface area contributed by atoms with Crippen LogP contribution in [0.4, 0.5) is 10.1 Å². The number of hydrogen-bond acceptors (Lipinski definition) is 4. The smallest absolute Gasteiger partial charge is 0.267 e. The fraction of sp³-hybridized carbons (Fsp3) is 0.200. The van der Waals surface area contributed by atoms with Gasteiger partial charge in [-0.2, -0.15) is 0 Å². The lowest BCUT2D eigenvalue weighted by Gasteiger charge is -2.05. The highest BCUT2D eigenvalue weighted by Crippen LogP contribution is 2.20. The maximum absolute atomic E-state index is 13.8. The van der Waals surface area contributed by atoms with Gasteiger partial charge in [-0.1, -0.05) is 11.8 Å². The van der Waals surface area contributed by atoms with E-state index in [4.69, 9.17) is 5.73 Å². The van der Waals surface area contributed by atoms with Crippen LogP contribution in [-0.4, -0.2) is 17.4 Å². The van der Waals surface area contributed by atoms with Crippen molar-refractivity contribution in [2.24, 2.45) is 5.73 Å². The number of rotatable bonds is 2. The second-order valence-electron chi connectivity index (χ2n) is 4.30. The largest absolute Gasteiger partial charge is 0.321 e. The second-order valence-corrected chi connectivity index (χ2v) is 5.51. The normalized spacial score (nSPS) is 9.90. The number of aromatic nitrogens is 1. The van der Waals surface area contributed by atoms with Crippen LogP contribution in [0.25, 0.3) is 0 Å². The van der Waals surface area contributed by atoms with Crippen LogP contribution in [0.3, 0.4) is 0 Å². The molecule has 21 heavy (non-hydrogen) atoms. The minimum atomic E-state index is -0.494. The third-order valence-corrected chi connectivity index (χ3v) is 3.73. The number of amides is 1. The van der Waals surface area contributed by atoms with E-state index in [0.29, 0.717) is 16.3 Å². The summed E-state index contributed by atoms with van der Waals surface area (Å²) < 4.78 is 13.8. The number of carbonyl (C=O) groups excluding carboxylic acids is 1. The summed E-state index contributed by atoms with van der Waals surface area (Å²) in [6.07, 6.45) is 0. The van der Waals surface area contributed by atoms with Crippen LogP contribution in [0, 0.1) is 31.5 Å². The summed E-state index contributed by atoms with van der Waals surface area (Å²) in [5, 5.41) is 3.47. The Labute approximate surface area is 126 Å². The number of anilines is 1. The highest BCUT2D eigenvalue weighted by molar-refractivity contribution is 7.13. The molecular formula is C15H14FN3OS. The number of halogens is 1. The number of carbonyl (C=O) groups is 1. The molecule has 0 unspecified atom stereocenters. The highest BCUT2D eigenvalue weighted by atomic mass is 32.1. The van der Waals surface area contributed by atoms with Crippen molar-refractivity contribution in [1.82, 2.24) is 4.98 Å². The quantitative estimate of drug-likeness (QED) is 0.837. The van der Waals surface area contributed by atoms with E-state index in [0.717, 1.165) is 5.01 Å². The summed E-state index contributed by atoms with van der Waals surface area (Å²) in [6, 6.07) is 4.35. The number of thiazole rings is 1. The zero-order valence-electron chi connectivity index (χ0n) is 11.7. The van der Waals surface area contributed by atoms with Crippen molar-refractivity contribution in [2.45, 2.75) is 13.8 Å². The van der Waals surface area contributed by atoms with Crippen molar-refractivity contribution in [3.8, 4) is 11.8 Å². The summed E-state index contributed by atoms with van der Waals surface area (Å²) in [5.41, 5.74) is 6.54. The van der Waals surface area contributed by atoms with Crippen molar-refractivity contribution in [1.29, 1.82) is 0 Å². The summed E-state index contributed by atoms with van der Waals surface area (Å²) in [6.45, 7) is 3.77. The van der Waals surface area contributed by atoms with Gasteiger partial charge >= 0.3 is 0 Å². The molecular weight excluding hydrogens is 289 g/mol. The predicted molar refractivity (Wildman–Crippen MR) is 81.9 cm³/mol. The molecule has 2 rings (SSSR count).